The van der Waals surface area contributed by atoms with Crippen molar-refractivity contribution in [1.82, 2.24) is 15.6 Å². The smallest absolute Gasteiger partial charge is 0.387 e. The van der Waals surface area contributed by atoms with Gasteiger partial charge < -0.3 is 19.8 Å². The molecule has 0 spiro atoms. The van der Waals surface area contributed by atoms with Gasteiger partial charge in [0.15, 0.2) is 5.96 Å². The van der Waals surface area contributed by atoms with Crippen LogP contribution in [0.1, 0.15) is 29.8 Å². The fourth-order valence-corrected chi connectivity index (χ4v) is 2.36. The Bertz CT molecular complexity index is 746. The van der Waals surface area contributed by atoms with Gasteiger partial charge in [-0.15, -0.1) is 0 Å². The number of hydrogen-bond acceptors (Lipinski definition) is 4. The minimum Gasteiger partial charge on any atom is -0.444 e. The molecular formula is C17H21ClF2N4O2. The van der Waals surface area contributed by atoms with E-state index in [1.807, 2.05) is 20.8 Å². The third-order valence-electron chi connectivity index (χ3n) is 3.47. The van der Waals surface area contributed by atoms with Crippen molar-refractivity contribution in [1.29, 1.82) is 0 Å². The first-order chi connectivity index (χ1) is 12.4. The number of nitrogens with one attached hydrogen (secondary N) is 2. The Balaban J connectivity index is 2.09. The second-order valence-corrected chi connectivity index (χ2v) is 5.86. The molecule has 0 aliphatic carbocycles. The quantitative estimate of drug-likeness (QED) is 0.559. The van der Waals surface area contributed by atoms with Crippen LogP contribution in [0.3, 0.4) is 0 Å². The van der Waals surface area contributed by atoms with E-state index < -0.39 is 6.61 Å². The monoisotopic (exact) mass is 386 g/mol. The number of ether oxygens (including phenoxy) is 1. The molecular weight excluding hydrogens is 366 g/mol. The summed E-state index contributed by atoms with van der Waals surface area (Å²) < 4.78 is 35.1. The Morgan fingerprint density at radius 2 is 2.12 bits per heavy atom. The summed E-state index contributed by atoms with van der Waals surface area (Å²) >= 11 is 5.94. The summed E-state index contributed by atoms with van der Waals surface area (Å²) in [5.74, 6) is 1.83. The van der Waals surface area contributed by atoms with Crippen LogP contribution in [0.25, 0.3) is 0 Å². The lowest BCUT2D eigenvalue weighted by Crippen LogP contribution is -2.36. The molecule has 0 bridgehead atoms. The molecule has 0 atom stereocenters. The van der Waals surface area contributed by atoms with Gasteiger partial charge in [0.2, 0.25) is 5.89 Å². The third kappa shape index (κ3) is 5.87. The number of aryl methyl sites for hydroxylation is 2. The van der Waals surface area contributed by atoms with Gasteiger partial charge in [0, 0.05) is 17.1 Å². The van der Waals surface area contributed by atoms with Gasteiger partial charge in [-0.3, -0.25) is 0 Å². The molecule has 2 aromatic rings. The van der Waals surface area contributed by atoms with Gasteiger partial charge in [-0.25, -0.2) is 9.98 Å². The van der Waals surface area contributed by atoms with Gasteiger partial charge in [-0.05, 0) is 39.0 Å². The number of aliphatic imine (C=N–C) groups is 1. The molecule has 142 valence electrons. The van der Waals surface area contributed by atoms with Crippen molar-refractivity contribution in [3.63, 3.8) is 0 Å². The molecule has 6 nitrogen and oxygen atoms in total. The van der Waals surface area contributed by atoms with Crippen molar-refractivity contribution in [3.05, 3.63) is 46.1 Å². The molecule has 1 heterocycles. The Labute approximate surface area is 155 Å². The first-order valence-corrected chi connectivity index (χ1v) is 8.45. The zero-order chi connectivity index (χ0) is 19.1. The first-order valence-electron chi connectivity index (χ1n) is 8.07. The van der Waals surface area contributed by atoms with Gasteiger partial charge in [-0.2, -0.15) is 8.78 Å². The minimum atomic E-state index is -2.92. The fraction of sp³-hybridized carbons (Fsp3) is 0.412. The number of nitrogens with zero attached hydrogens (tertiary/aromatic N) is 2. The van der Waals surface area contributed by atoms with Crippen LogP contribution in [0.4, 0.5) is 8.78 Å². The molecule has 0 radical (unpaired) electrons. The highest BCUT2D eigenvalue weighted by Crippen LogP contribution is 2.25. The van der Waals surface area contributed by atoms with Gasteiger partial charge >= 0.3 is 6.61 Å². The zero-order valence-corrected chi connectivity index (χ0v) is 15.5. The van der Waals surface area contributed by atoms with Crippen LogP contribution in [0, 0.1) is 13.8 Å². The molecule has 0 aliphatic rings. The van der Waals surface area contributed by atoms with Crippen LogP contribution in [0.15, 0.2) is 27.6 Å². The van der Waals surface area contributed by atoms with Crippen LogP contribution < -0.4 is 15.4 Å². The van der Waals surface area contributed by atoms with Crippen LogP contribution in [-0.4, -0.2) is 24.1 Å². The van der Waals surface area contributed by atoms with Crippen molar-refractivity contribution in [3.8, 4) is 5.75 Å². The van der Waals surface area contributed by atoms with E-state index in [2.05, 4.69) is 25.3 Å². The summed E-state index contributed by atoms with van der Waals surface area (Å²) in [5, 5.41) is 6.57. The van der Waals surface area contributed by atoms with Crippen LogP contribution >= 0.6 is 11.6 Å². The van der Waals surface area contributed by atoms with E-state index in [0.29, 0.717) is 35.5 Å². The maximum atomic E-state index is 12.5. The topological polar surface area (TPSA) is 71.7 Å². The van der Waals surface area contributed by atoms with E-state index in [0.717, 1.165) is 11.5 Å². The first kappa shape index (κ1) is 20.0. The standard InChI is InChI=1S/C17H21ClF2N4O2/c1-4-21-17(23-9-15-24-10(2)11(3)25-15)22-8-12-7-13(18)5-6-14(12)26-16(19)20/h5-7,16H,4,8-9H2,1-3H3,(H2,21,22,23). The molecule has 1 aromatic heterocycles. The highest BCUT2D eigenvalue weighted by atomic mass is 35.5. The van der Waals surface area contributed by atoms with Crippen molar-refractivity contribution < 1.29 is 17.9 Å². The number of alkyl halides is 2. The summed E-state index contributed by atoms with van der Waals surface area (Å²) in [4.78, 5) is 8.66. The molecule has 2 rings (SSSR count). The predicted octanol–water partition coefficient (Wildman–Crippen LogP) is 3.80. The fourth-order valence-electron chi connectivity index (χ4n) is 2.16. The number of hydrogen-bond donors (Lipinski definition) is 2. The molecule has 0 saturated heterocycles. The second-order valence-electron chi connectivity index (χ2n) is 5.43. The van der Waals surface area contributed by atoms with E-state index in [9.17, 15) is 8.78 Å². The maximum absolute atomic E-state index is 12.5. The minimum absolute atomic E-state index is 0.0444. The van der Waals surface area contributed by atoms with Crippen molar-refractivity contribution in [2.75, 3.05) is 6.54 Å². The Morgan fingerprint density at radius 1 is 1.35 bits per heavy atom. The summed E-state index contributed by atoms with van der Waals surface area (Å²) in [6.07, 6.45) is 0. The lowest BCUT2D eigenvalue weighted by molar-refractivity contribution is -0.0504. The molecule has 2 N–H and O–H groups in total. The van der Waals surface area contributed by atoms with Crippen molar-refractivity contribution >= 4 is 17.6 Å². The van der Waals surface area contributed by atoms with E-state index in [1.165, 1.54) is 12.1 Å². The second kappa shape index (κ2) is 9.38. The number of benzene rings is 1. The van der Waals surface area contributed by atoms with Crippen molar-refractivity contribution in [2.24, 2.45) is 4.99 Å². The van der Waals surface area contributed by atoms with Gasteiger partial charge in [0.05, 0.1) is 18.8 Å². The van der Waals surface area contributed by atoms with Crippen molar-refractivity contribution in [2.45, 2.75) is 40.5 Å². The summed E-state index contributed by atoms with van der Waals surface area (Å²) in [7, 11) is 0. The molecule has 26 heavy (non-hydrogen) atoms. The van der Waals surface area contributed by atoms with E-state index in [-0.39, 0.29) is 12.3 Å². The number of guanidine groups is 1. The molecule has 9 heteroatoms. The van der Waals surface area contributed by atoms with E-state index >= 15 is 0 Å². The lowest BCUT2D eigenvalue weighted by atomic mass is 10.2. The van der Waals surface area contributed by atoms with E-state index in [4.69, 9.17) is 16.0 Å². The van der Waals surface area contributed by atoms with Gasteiger partial charge in [0.25, 0.3) is 0 Å². The average molecular weight is 387 g/mol. The highest BCUT2D eigenvalue weighted by Gasteiger charge is 2.11. The van der Waals surface area contributed by atoms with E-state index in [1.54, 1.807) is 6.07 Å². The normalized spacial score (nSPS) is 11.7. The predicted molar refractivity (Wildman–Crippen MR) is 95.7 cm³/mol. The molecule has 1 aromatic carbocycles. The Morgan fingerprint density at radius 3 is 2.73 bits per heavy atom. The summed E-state index contributed by atoms with van der Waals surface area (Å²) in [6, 6.07) is 4.44. The van der Waals surface area contributed by atoms with Crippen LogP contribution in [0.2, 0.25) is 5.02 Å². The SMILES string of the molecule is CCNC(=NCc1cc(Cl)ccc1OC(F)F)NCc1nc(C)c(C)o1. The lowest BCUT2D eigenvalue weighted by Gasteiger charge is -2.12. The van der Waals surface area contributed by atoms with Gasteiger partial charge in [-0.1, -0.05) is 11.6 Å². The zero-order valence-electron chi connectivity index (χ0n) is 14.8. The maximum Gasteiger partial charge on any atom is 0.387 e. The van der Waals surface area contributed by atoms with Crippen LogP contribution in [-0.2, 0) is 13.1 Å². The highest BCUT2D eigenvalue weighted by molar-refractivity contribution is 6.30. The number of halogens is 3. The molecule has 0 saturated carbocycles. The Kier molecular flexibility index (Phi) is 7.20. The summed E-state index contributed by atoms with van der Waals surface area (Å²) in [6.45, 7) is 3.80. The van der Waals surface area contributed by atoms with Crippen LogP contribution in [0.5, 0.6) is 5.75 Å². The molecule has 0 fully saturated rings. The third-order valence-corrected chi connectivity index (χ3v) is 3.71. The number of oxazole rings is 1. The number of rotatable bonds is 7. The molecule has 0 unspecified atom stereocenters. The van der Waals surface area contributed by atoms with Gasteiger partial charge in [0.1, 0.15) is 11.5 Å². The molecule has 0 aliphatic heterocycles. The Hall–Kier alpha value is -2.35. The summed E-state index contributed by atoms with van der Waals surface area (Å²) in [5.41, 5.74) is 1.29. The number of aromatic nitrogens is 1. The largest absolute Gasteiger partial charge is 0.444 e. The molecule has 0 amide bonds. The average Bonchev–Trinajstić information content (AvgIpc) is 2.90.